The average Bonchev–Trinajstić information content (AvgIpc) is 1.56. The zero-order valence-electron chi connectivity index (χ0n) is 83.5. The lowest BCUT2D eigenvalue weighted by molar-refractivity contribution is 0.265. The molecule has 0 saturated carbocycles. The molecular weight excluding hydrogens is 1550 g/mol. The smallest absolute Gasteiger partial charge is 0.0464 e. The predicted octanol–water partition coefficient (Wildman–Crippen LogP) is 36.7. The van der Waals surface area contributed by atoms with Gasteiger partial charge < -0.3 is 9.80 Å². The van der Waals surface area contributed by atoms with Crippen LogP contribution in [0.15, 0.2) is 268 Å². The van der Waals surface area contributed by atoms with Crippen molar-refractivity contribution in [2.75, 3.05) is 9.80 Å². The summed E-state index contributed by atoms with van der Waals surface area (Å²) in [6.07, 6.45) is 38.0. The second-order valence-corrected chi connectivity index (χ2v) is 42.3. The van der Waals surface area contributed by atoms with Gasteiger partial charge in [0.05, 0.1) is 0 Å². The van der Waals surface area contributed by atoms with Gasteiger partial charge in [-0.3, -0.25) is 0 Å². The van der Waals surface area contributed by atoms with Gasteiger partial charge in [0.2, 0.25) is 0 Å². The number of unbranched alkanes of at least 4 members (excludes halogenated alkanes) is 11. The van der Waals surface area contributed by atoms with Crippen LogP contribution in [0.4, 0.5) is 34.1 Å². The number of anilines is 6. The molecule has 11 aromatic rings. The number of benzene rings is 11. The quantitative estimate of drug-likeness (QED) is 0.0277. The summed E-state index contributed by atoms with van der Waals surface area (Å²) in [6, 6.07) is 92.7. The Hall–Kier alpha value is -9.76. The fourth-order valence-electron chi connectivity index (χ4n) is 22.6. The van der Waals surface area contributed by atoms with Crippen LogP contribution >= 0.6 is 0 Å². The first-order valence-electron chi connectivity index (χ1n) is 50.7. The van der Waals surface area contributed by atoms with E-state index < -0.39 is 0 Å². The second kappa shape index (κ2) is 41.8. The Morgan fingerprint density at radius 1 is 0.302 bits per heavy atom. The van der Waals surface area contributed by atoms with Crippen molar-refractivity contribution in [3.63, 3.8) is 0 Å². The largest absolute Gasteiger partial charge is 0.310 e. The highest BCUT2D eigenvalue weighted by molar-refractivity contribution is 5.86. The molecule has 3 atom stereocenters. The normalized spacial score (nSPS) is 15.0. The maximum absolute atomic E-state index is 4.82. The monoisotopic (exact) mass is 1710 g/mol. The van der Waals surface area contributed by atoms with Gasteiger partial charge >= 0.3 is 0 Å². The fraction of sp³-hybridized carbons (Fsp3) is 0.433. The Bertz CT molecular complexity index is 5560. The molecule has 13 rings (SSSR count). The van der Waals surface area contributed by atoms with E-state index in [9.17, 15) is 0 Å². The Morgan fingerprint density at radius 2 is 0.659 bits per heavy atom. The topological polar surface area (TPSA) is 6.48 Å². The van der Waals surface area contributed by atoms with Crippen LogP contribution < -0.4 is 9.80 Å². The molecule has 3 unspecified atom stereocenters. The van der Waals surface area contributed by atoms with Crippen molar-refractivity contribution in [1.29, 1.82) is 0 Å². The van der Waals surface area contributed by atoms with Crippen molar-refractivity contribution < 1.29 is 0 Å². The standard InChI is InChI=1S/C127H160N2/c1-23-32-35-36-37-44-81-126(31-9)116-88-102(120(12,13)14)65-77-112(116)113-78-66-103(89-117(113)126)123(19,20)125(22,30-8)105-68-80-115-114-79-67-104(90-118(114)127(119(115)91-105,82-45-38-42-51-96-57-59-98(26-4)92(10)84-96)83-46-39-43-52-97-58-60-99(27-5)93(11)85-97)122(17,18)124(21,29-7)101-63-71-107(72-64-101)129(111-56-48-54-95(87-111)50-41-34-25-3)109-75-73-108(74-76-109)128(106-69-61-100(62-70-106)121(15,16)28-6)110-55-47-53-94(86-110)49-40-33-24-2/h24-25,31,47-48,53-80,84-91H,2-3,9,23,26-30,32-46,49-52,81-83H2,1,4-8,10-22H3. The first kappa shape index (κ1) is 96.8. The SMILES string of the molecule is C=CCCCc1cccc(N(c2ccc(N(c3ccc(C(C)(CC)C(C)(C)c4ccc5c(c4)C(CCCCCc4ccc(CC)c(C)c4)(CCCCCc4ccc(CC)c(C)c4)c4cc(C(C)(CC)C(C)(C)c6ccc7c(c6)C(C=C)(CCCCCCCC)c6cc(C(C)(C)C)ccc6-7)ccc4-5)cc3)c3cccc(CCCC=C)c3)cc2)c2ccc(C(C)(C)CC)cc2)c1. The van der Waals surface area contributed by atoms with Crippen LogP contribution in [0.1, 0.15) is 359 Å². The Labute approximate surface area is 784 Å². The van der Waals surface area contributed by atoms with Crippen LogP contribution in [-0.4, -0.2) is 0 Å². The molecule has 11 aromatic carbocycles. The van der Waals surface area contributed by atoms with Crippen molar-refractivity contribution in [2.24, 2.45) is 0 Å². The van der Waals surface area contributed by atoms with E-state index in [2.05, 4.69) is 397 Å². The molecular formula is C127H160N2. The molecule has 2 aliphatic carbocycles. The average molecular weight is 1710 g/mol. The van der Waals surface area contributed by atoms with E-state index in [0.29, 0.717) is 0 Å². The van der Waals surface area contributed by atoms with E-state index in [0.717, 1.165) is 150 Å². The Morgan fingerprint density at radius 3 is 1.08 bits per heavy atom. The molecule has 2 heteroatoms. The van der Waals surface area contributed by atoms with Crippen molar-refractivity contribution in [3.05, 3.63) is 369 Å². The second-order valence-electron chi connectivity index (χ2n) is 42.3. The number of rotatable bonds is 46. The lowest BCUT2D eigenvalue weighted by Crippen LogP contribution is -2.43. The van der Waals surface area contributed by atoms with Gasteiger partial charge in [-0.1, -0.05) is 358 Å². The minimum absolute atomic E-state index is 0.0282. The highest BCUT2D eigenvalue weighted by Gasteiger charge is 2.50. The van der Waals surface area contributed by atoms with Gasteiger partial charge in [-0.25, -0.2) is 0 Å². The number of allylic oxidation sites excluding steroid dienone is 3. The molecule has 0 aromatic heterocycles. The Balaban J connectivity index is 0.896. The van der Waals surface area contributed by atoms with E-state index in [4.69, 9.17) is 6.58 Å². The highest BCUT2D eigenvalue weighted by Crippen LogP contribution is 2.61. The molecule has 2 nitrogen and oxygen atoms in total. The molecule has 0 bridgehead atoms. The van der Waals surface area contributed by atoms with Crippen LogP contribution in [0.25, 0.3) is 22.3 Å². The number of hydrogen-bond acceptors (Lipinski definition) is 2. The fourth-order valence-corrected chi connectivity index (χ4v) is 22.6. The van der Waals surface area contributed by atoms with Crippen molar-refractivity contribution in [2.45, 2.75) is 355 Å². The van der Waals surface area contributed by atoms with Gasteiger partial charge in [0, 0.05) is 55.8 Å². The van der Waals surface area contributed by atoms with Gasteiger partial charge in [0.25, 0.3) is 0 Å². The van der Waals surface area contributed by atoms with Gasteiger partial charge in [-0.05, 0) is 346 Å². The van der Waals surface area contributed by atoms with E-state index in [1.165, 1.54) is 175 Å². The zero-order chi connectivity index (χ0) is 92.1. The summed E-state index contributed by atoms with van der Waals surface area (Å²) in [5.74, 6) is 0. The van der Waals surface area contributed by atoms with Gasteiger partial charge in [-0.2, -0.15) is 0 Å². The highest BCUT2D eigenvalue weighted by atomic mass is 15.2. The van der Waals surface area contributed by atoms with Gasteiger partial charge in [0.1, 0.15) is 0 Å². The third-order valence-corrected chi connectivity index (χ3v) is 32.8. The lowest BCUT2D eigenvalue weighted by Gasteiger charge is -2.46. The maximum atomic E-state index is 4.82. The number of nitrogens with zero attached hydrogens (tertiary/aromatic N) is 2. The maximum Gasteiger partial charge on any atom is 0.0464 e. The molecule has 0 N–H and O–H groups in total. The molecule has 129 heavy (non-hydrogen) atoms. The Kier molecular flexibility index (Phi) is 31.3. The van der Waals surface area contributed by atoms with Crippen molar-refractivity contribution in [3.8, 4) is 22.3 Å². The van der Waals surface area contributed by atoms with Crippen LogP contribution in [0.5, 0.6) is 0 Å². The third kappa shape index (κ3) is 20.2. The molecule has 0 saturated heterocycles. The predicted molar refractivity (Wildman–Crippen MR) is 564 cm³/mol. The minimum atomic E-state index is -0.297. The first-order chi connectivity index (χ1) is 62.0. The molecule has 0 aliphatic heterocycles. The van der Waals surface area contributed by atoms with E-state index >= 15 is 0 Å². The lowest BCUT2D eigenvalue weighted by atomic mass is 9.57. The van der Waals surface area contributed by atoms with Crippen LogP contribution in [-0.2, 0) is 81.8 Å². The van der Waals surface area contributed by atoms with Gasteiger partial charge in [-0.15, -0.1) is 19.7 Å². The molecule has 0 radical (unpaired) electrons. The van der Waals surface area contributed by atoms with E-state index in [-0.39, 0.29) is 43.3 Å². The summed E-state index contributed by atoms with van der Waals surface area (Å²) in [5, 5.41) is 0. The third-order valence-electron chi connectivity index (χ3n) is 32.8. The van der Waals surface area contributed by atoms with Crippen LogP contribution in [0.2, 0.25) is 0 Å². The summed E-state index contributed by atoms with van der Waals surface area (Å²) in [4.78, 5) is 4.94. The molecule has 2 aliphatic rings. The minimum Gasteiger partial charge on any atom is -0.310 e. The molecule has 0 heterocycles. The van der Waals surface area contributed by atoms with Crippen molar-refractivity contribution in [1.82, 2.24) is 0 Å². The first-order valence-corrected chi connectivity index (χ1v) is 50.7. The summed E-state index contributed by atoms with van der Waals surface area (Å²) in [6.45, 7) is 59.1. The van der Waals surface area contributed by atoms with Crippen LogP contribution in [0.3, 0.4) is 0 Å². The number of fused-ring (bicyclic) bond motifs is 6. The summed E-state index contributed by atoms with van der Waals surface area (Å²) >= 11 is 0. The number of hydrogen-bond donors (Lipinski definition) is 0. The molecule has 678 valence electrons. The van der Waals surface area contributed by atoms with E-state index in [1.54, 1.807) is 11.1 Å². The van der Waals surface area contributed by atoms with Gasteiger partial charge in [0.15, 0.2) is 0 Å². The van der Waals surface area contributed by atoms with E-state index in [1.807, 2.05) is 6.08 Å². The number of aryl methyl sites for hydroxylation is 8. The summed E-state index contributed by atoms with van der Waals surface area (Å²) in [5.41, 5.74) is 36.9. The molecule has 0 amide bonds. The summed E-state index contributed by atoms with van der Waals surface area (Å²) in [7, 11) is 0. The van der Waals surface area contributed by atoms with Crippen LogP contribution in [0, 0.1) is 13.8 Å². The summed E-state index contributed by atoms with van der Waals surface area (Å²) < 4.78 is 0. The zero-order valence-corrected chi connectivity index (χ0v) is 83.5. The molecule has 0 fully saturated rings. The molecule has 0 spiro atoms. The van der Waals surface area contributed by atoms with Crippen molar-refractivity contribution >= 4 is 34.1 Å².